The average molecular weight is 383 g/mol. The largest absolute Gasteiger partial charge is 0.497 e. The summed E-state index contributed by atoms with van der Waals surface area (Å²) in [6.45, 7) is 3.79. The van der Waals surface area contributed by atoms with Gasteiger partial charge in [-0.3, -0.25) is 4.79 Å². The molecule has 1 N–H and O–H groups in total. The number of ether oxygens (including phenoxy) is 3. The maximum absolute atomic E-state index is 12.8. The van der Waals surface area contributed by atoms with E-state index in [0.717, 1.165) is 6.07 Å². The Labute approximate surface area is 161 Å². The summed E-state index contributed by atoms with van der Waals surface area (Å²) < 4.78 is 21.3. The zero-order chi connectivity index (χ0) is 20.3. The zero-order valence-electron chi connectivity index (χ0n) is 16.1. The topological polar surface area (TPSA) is 87.0 Å². The van der Waals surface area contributed by atoms with Crippen LogP contribution in [0.1, 0.15) is 24.2 Å². The highest BCUT2D eigenvalue weighted by molar-refractivity contribution is 6.12. The standard InChI is InChI=1S/C21H21NO6/c1-12(2)27-14-5-6-17-18(11-20(23)28-19(17)10-14)21(24)22-13-7-15(25-3)9-16(8-13)26-4/h5-12H,1-4H3,(H,22,24). The van der Waals surface area contributed by atoms with E-state index in [-0.39, 0.29) is 17.3 Å². The first-order valence-corrected chi connectivity index (χ1v) is 8.68. The molecule has 0 saturated carbocycles. The van der Waals surface area contributed by atoms with E-state index in [1.54, 1.807) is 36.4 Å². The van der Waals surface area contributed by atoms with Crippen LogP contribution in [0.25, 0.3) is 11.0 Å². The number of anilines is 1. The third-order valence-electron chi connectivity index (χ3n) is 3.94. The highest BCUT2D eigenvalue weighted by Gasteiger charge is 2.15. The summed E-state index contributed by atoms with van der Waals surface area (Å²) in [5, 5.41) is 3.27. The van der Waals surface area contributed by atoms with Crippen molar-refractivity contribution in [1.82, 2.24) is 0 Å². The third-order valence-corrected chi connectivity index (χ3v) is 3.94. The maximum atomic E-state index is 12.8. The van der Waals surface area contributed by atoms with Gasteiger partial charge in [-0.15, -0.1) is 0 Å². The molecule has 0 aliphatic carbocycles. The Morgan fingerprint density at radius 1 is 0.964 bits per heavy atom. The van der Waals surface area contributed by atoms with E-state index in [4.69, 9.17) is 18.6 Å². The number of carbonyl (C=O) groups is 1. The van der Waals surface area contributed by atoms with E-state index >= 15 is 0 Å². The van der Waals surface area contributed by atoms with E-state index in [0.29, 0.717) is 28.3 Å². The number of rotatable bonds is 6. The number of hydrogen-bond acceptors (Lipinski definition) is 6. The van der Waals surface area contributed by atoms with Gasteiger partial charge in [0.2, 0.25) is 0 Å². The summed E-state index contributed by atoms with van der Waals surface area (Å²) in [5.74, 6) is 1.16. The van der Waals surface area contributed by atoms with Gasteiger partial charge in [-0.2, -0.15) is 0 Å². The van der Waals surface area contributed by atoms with E-state index in [2.05, 4.69) is 5.32 Å². The molecule has 0 unspecified atom stereocenters. The lowest BCUT2D eigenvalue weighted by atomic mass is 10.1. The number of amides is 1. The molecule has 7 heteroatoms. The van der Waals surface area contributed by atoms with Crippen LogP contribution in [-0.4, -0.2) is 26.2 Å². The lowest BCUT2D eigenvalue weighted by Gasteiger charge is -2.12. The molecule has 2 aromatic carbocycles. The van der Waals surface area contributed by atoms with Gasteiger partial charge in [-0.05, 0) is 26.0 Å². The van der Waals surface area contributed by atoms with E-state index in [1.165, 1.54) is 14.2 Å². The molecular formula is C21H21NO6. The second-order valence-corrected chi connectivity index (χ2v) is 6.36. The summed E-state index contributed by atoms with van der Waals surface area (Å²) in [5.41, 5.74) is 0.327. The minimum absolute atomic E-state index is 0.0290. The van der Waals surface area contributed by atoms with Crippen molar-refractivity contribution in [3.63, 3.8) is 0 Å². The van der Waals surface area contributed by atoms with Crippen LogP contribution >= 0.6 is 0 Å². The van der Waals surface area contributed by atoms with Crippen molar-refractivity contribution in [1.29, 1.82) is 0 Å². The fourth-order valence-electron chi connectivity index (χ4n) is 2.75. The van der Waals surface area contributed by atoms with Crippen LogP contribution < -0.4 is 25.2 Å². The normalized spacial score (nSPS) is 10.8. The van der Waals surface area contributed by atoms with Crippen LogP contribution in [-0.2, 0) is 0 Å². The molecule has 7 nitrogen and oxygen atoms in total. The van der Waals surface area contributed by atoms with Gasteiger partial charge >= 0.3 is 5.63 Å². The molecule has 0 bridgehead atoms. The van der Waals surface area contributed by atoms with Gasteiger partial charge in [0.05, 0.1) is 25.9 Å². The number of hydrogen-bond donors (Lipinski definition) is 1. The van der Waals surface area contributed by atoms with E-state index < -0.39 is 11.5 Å². The van der Waals surface area contributed by atoms with Crippen molar-refractivity contribution in [2.75, 3.05) is 19.5 Å². The van der Waals surface area contributed by atoms with Crippen molar-refractivity contribution in [2.24, 2.45) is 0 Å². The molecule has 1 amide bonds. The smallest absolute Gasteiger partial charge is 0.337 e. The van der Waals surface area contributed by atoms with Gasteiger partial charge in [-0.25, -0.2) is 4.79 Å². The molecule has 0 saturated heterocycles. The molecule has 28 heavy (non-hydrogen) atoms. The molecule has 0 fully saturated rings. The summed E-state index contributed by atoms with van der Waals surface area (Å²) in [6, 6.07) is 11.2. The fraction of sp³-hybridized carbons (Fsp3) is 0.238. The van der Waals surface area contributed by atoms with Crippen LogP contribution in [0.4, 0.5) is 5.69 Å². The van der Waals surface area contributed by atoms with Crippen LogP contribution in [0, 0.1) is 0 Å². The first-order chi connectivity index (χ1) is 13.4. The second kappa shape index (κ2) is 8.04. The first-order valence-electron chi connectivity index (χ1n) is 8.68. The van der Waals surface area contributed by atoms with Crippen LogP contribution in [0.3, 0.4) is 0 Å². The summed E-state index contributed by atoms with van der Waals surface area (Å²) in [6.07, 6.45) is -0.0290. The second-order valence-electron chi connectivity index (χ2n) is 6.36. The number of fused-ring (bicyclic) bond motifs is 1. The summed E-state index contributed by atoms with van der Waals surface area (Å²) in [4.78, 5) is 24.8. The van der Waals surface area contributed by atoms with Gasteiger partial charge in [0.1, 0.15) is 22.8 Å². The van der Waals surface area contributed by atoms with Crippen molar-refractivity contribution >= 4 is 22.6 Å². The SMILES string of the molecule is COc1cc(NC(=O)c2cc(=O)oc3cc(OC(C)C)ccc23)cc(OC)c1. The first kappa shape index (κ1) is 19.3. The molecule has 3 aromatic rings. The Hall–Kier alpha value is -3.48. The van der Waals surface area contributed by atoms with Gasteiger partial charge < -0.3 is 23.9 Å². The minimum Gasteiger partial charge on any atom is -0.497 e. The summed E-state index contributed by atoms with van der Waals surface area (Å²) >= 11 is 0. The Morgan fingerprint density at radius 2 is 1.64 bits per heavy atom. The van der Waals surface area contributed by atoms with Gasteiger partial charge in [0, 0.05) is 41.4 Å². The Balaban J connectivity index is 1.98. The number of methoxy groups -OCH3 is 2. The molecule has 146 valence electrons. The Kier molecular flexibility index (Phi) is 5.54. The Bertz CT molecular complexity index is 1050. The molecule has 1 aromatic heterocycles. The van der Waals surface area contributed by atoms with Gasteiger partial charge in [-0.1, -0.05) is 0 Å². The van der Waals surface area contributed by atoms with Crippen molar-refractivity contribution in [3.8, 4) is 17.2 Å². The molecule has 0 aliphatic rings. The lowest BCUT2D eigenvalue weighted by Crippen LogP contribution is -2.15. The highest BCUT2D eigenvalue weighted by atomic mass is 16.5. The van der Waals surface area contributed by atoms with E-state index in [9.17, 15) is 9.59 Å². The van der Waals surface area contributed by atoms with Crippen molar-refractivity contribution < 1.29 is 23.4 Å². The predicted octanol–water partition coefficient (Wildman–Crippen LogP) is 3.85. The number of benzene rings is 2. The zero-order valence-corrected chi connectivity index (χ0v) is 16.1. The van der Waals surface area contributed by atoms with Crippen LogP contribution in [0.5, 0.6) is 17.2 Å². The highest BCUT2D eigenvalue weighted by Crippen LogP contribution is 2.27. The number of nitrogens with one attached hydrogen (secondary N) is 1. The molecule has 1 heterocycles. The quantitative estimate of drug-likeness (QED) is 0.651. The predicted molar refractivity (Wildman–Crippen MR) is 106 cm³/mol. The van der Waals surface area contributed by atoms with Gasteiger partial charge in [0.25, 0.3) is 5.91 Å². The fourth-order valence-corrected chi connectivity index (χ4v) is 2.75. The molecule has 0 spiro atoms. The minimum atomic E-state index is -0.623. The molecular weight excluding hydrogens is 362 g/mol. The molecule has 0 atom stereocenters. The van der Waals surface area contributed by atoms with Gasteiger partial charge in [0.15, 0.2) is 0 Å². The Morgan fingerprint density at radius 3 is 2.25 bits per heavy atom. The van der Waals surface area contributed by atoms with Crippen LogP contribution in [0.15, 0.2) is 51.7 Å². The van der Waals surface area contributed by atoms with Crippen molar-refractivity contribution in [2.45, 2.75) is 20.0 Å². The molecule has 0 radical (unpaired) electrons. The van der Waals surface area contributed by atoms with Crippen molar-refractivity contribution in [3.05, 3.63) is 58.4 Å². The molecule has 0 aliphatic heterocycles. The lowest BCUT2D eigenvalue weighted by molar-refractivity contribution is 0.102. The third kappa shape index (κ3) is 4.25. The average Bonchev–Trinajstić information content (AvgIpc) is 2.66. The van der Waals surface area contributed by atoms with E-state index in [1.807, 2.05) is 13.8 Å². The maximum Gasteiger partial charge on any atom is 0.337 e. The monoisotopic (exact) mass is 383 g/mol. The molecule has 3 rings (SSSR count). The summed E-state index contributed by atoms with van der Waals surface area (Å²) in [7, 11) is 3.04. The van der Waals surface area contributed by atoms with Crippen LogP contribution in [0.2, 0.25) is 0 Å². The number of carbonyl (C=O) groups excluding carboxylic acids is 1.